The van der Waals surface area contributed by atoms with Crippen molar-refractivity contribution in [3.63, 3.8) is 0 Å². The van der Waals surface area contributed by atoms with Gasteiger partial charge in [-0.05, 0) is 36.6 Å². The van der Waals surface area contributed by atoms with Crippen LogP contribution in [-0.4, -0.2) is 37.5 Å². The first-order chi connectivity index (χ1) is 14.0. The van der Waals surface area contributed by atoms with E-state index in [9.17, 15) is 14.4 Å². The van der Waals surface area contributed by atoms with E-state index >= 15 is 0 Å². The van der Waals surface area contributed by atoms with Crippen molar-refractivity contribution in [1.82, 2.24) is 0 Å². The molecule has 0 spiro atoms. The second kappa shape index (κ2) is 9.23. The molecule has 2 aromatic rings. The SMILES string of the molecule is CCc1cccc(C)c1NC(=O)COC(=O)CCN1C(=O)COc2ccccc21. The van der Waals surface area contributed by atoms with Crippen LogP contribution in [0.2, 0.25) is 0 Å². The zero-order chi connectivity index (χ0) is 20.8. The average molecular weight is 396 g/mol. The third kappa shape index (κ3) is 4.93. The fraction of sp³-hybridized carbons (Fsp3) is 0.318. The topological polar surface area (TPSA) is 84.9 Å². The van der Waals surface area contributed by atoms with Crippen molar-refractivity contribution in [3.8, 4) is 5.75 Å². The number of nitrogens with zero attached hydrogens (tertiary/aromatic N) is 1. The summed E-state index contributed by atoms with van der Waals surface area (Å²) < 4.78 is 10.5. The minimum atomic E-state index is -0.544. The molecule has 152 valence electrons. The van der Waals surface area contributed by atoms with E-state index in [1.165, 1.54) is 4.90 Å². The standard InChI is InChI=1S/C22H24N2O5/c1-3-16-8-6-7-15(2)22(16)23-19(25)13-29-21(27)11-12-24-17-9-4-5-10-18(17)28-14-20(24)26/h4-10H,3,11-14H2,1-2H3,(H,23,25). The van der Waals surface area contributed by atoms with E-state index in [0.717, 1.165) is 23.2 Å². The first-order valence-electron chi connectivity index (χ1n) is 9.55. The molecule has 0 unspecified atom stereocenters. The zero-order valence-electron chi connectivity index (χ0n) is 16.6. The molecular weight excluding hydrogens is 372 g/mol. The van der Waals surface area contributed by atoms with Gasteiger partial charge < -0.3 is 19.7 Å². The van der Waals surface area contributed by atoms with Crippen molar-refractivity contribution >= 4 is 29.2 Å². The molecule has 1 heterocycles. The summed E-state index contributed by atoms with van der Waals surface area (Å²) in [4.78, 5) is 37.9. The van der Waals surface area contributed by atoms with Gasteiger partial charge in [-0.25, -0.2) is 0 Å². The predicted molar refractivity (Wildman–Crippen MR) is 109 cm³/mol. The number of aryl methyl sites for hydroxylation is 2. The molecule has 0 aliphatic carbocycles. The van der Waals surface area contributed by atoms with Gasteiger partial charge in [0.15, 0.2) is 13.2 Å². The van der Waals surface area contributed by atoms with Crippen molar-refractivity contribution in [3.05, 3.63) is 53.6 Å². The van der Waals surface area contributed by atoms with Gasteiger partial charge in [0.05, 0.1) is 12.1 Å². The summed E-state index contributed by atoms with van der Waals surface area (Å²) in [6.45, 7) is 3.65. The summed E-state index contributed by atoms with van der Waals surface area (Å²) in [5.74, 6) is -0.557. The molecule has 0 fully saturated rings. The lowest BCUT2D eigenvalue weighted by molar-refractivity contribution is -0.147. The lowest BCUT2D eigenvalue weighted by Gasteiger charge is -2.28. The molecule has 0 atom stereocenters. The summed E-state index contributed by atoms with van der Waals surface area (Å²) in [6, 6.07) is 13.0. The summed E-state index contributed by atoms with van der Waals surface area (Å²) >= 11 is 0. The van der Waals surface area contributed by atoms with Crippen LogP contribution in [0.3, 0.4) is 0 Å². The number of carbonyl (C=O) groups excluding carboxylic acids is 3. The molecule has 0 saturated heterocycles. The molecule has 0 radical (unpaired) electrons. The second-order valence-electron chi connectivity index (χ2n) is 6.72. The fourth-order valence-electron chi connectivity index (χ4n) is 3.20. The Balaban J connectivity index is 1.51. The van der Waals surface area contributed by atoms with Crippen LogP contribution in [0, 0.1) is 6.92 Å². The summed E-state index contributed by atoms with van der Waals surface area (Å²) in [5, 5.41) is 2.81. The van der Waals surface area contributed by atoms with Gasteiger partial charge in [0.25, 0.3) is 11.8 Å². The van der Waals surface area contributed by atoms with Crippen LogP contribution in [0.4, 0.5) is 11.4 Å². The van der Waals surface area contributed by atoms with E-state index in [1.807, 2.05) is 38.1 Å². The minimum Gasteiger partial charge on any atom is -0.482 e. The Bertz CT molecular complexity index is 925. The smallest absolute Gasteiger partial charge is 0.308 e. The van der Waals surface area contributed by atoms with Gasteiger partial charge in [-0.2, -0.15) is 0 Å². The number of hydrogen-bond donors (Lipinski definition) is 1. The van der Waals surface area contributed by atoms with Gasteiger partial charge in [-0.15, -0.1) is 0 Å². The van der Waals surface area contributed by atoms with Gasteiger partial charge in [0.2, 0.25) is 0 Å². The molecule has 1 N–H and O–H groups in total. The number of carbonyl (C=O) groups is 3. The van der Waals surface area contributed by atoms with E-state index in [-0.39, 0.29) is 32.1 Å². The molecule has 2 aromatic carbocycles. The van der Waals surface area contributed by atoms with Gasteiger partial charge in [-0.3, -0.25) is 14.4 Å². The van der Waals surface area contributed by atoms with Crippen molar-refractivity contribution in [2.45, 2.75) is 26.7 Å². The largest absolute Gasteiger partial charge is 0.482 e. The van der Waals surface area contributed by atoms with Gasteiger partial charge in [-0.1, -0.05) is 37.3 Å². The summed E-state index contributed by atoms with van der Waals surface area (Å²) in [6.07, 6.45) is 0.768. The van der Waals surface area contributed by atoms with Crippen molar-refractivity contribution in [1.29, 1.82) is 0 Å². The Morgan fingerprint density at radius 3 is 2.76 bits per heavy atom. The number of para-hydroxylation sites is 3. The first kappa shape index (κ1) is 20.4. The van der Waals surface area contributed by atoms with Gasteiger partial charge in [0.1, 0.15) is 5.75 Å². The fourth-order valence-corrected chi connectivity index (χ4v) is 3.20. The first-order valence-corrected chi connectivity index (χ1v) is 9.55. The number of esters is 1. The highest BCUT2D eigenvalue weighted by Crippen LogP contribution is 2.31. The average Bonchev–Trinajstić information content (AvgIpc) is 2.73. The number of benzene rings is 2. The monoisotopic (exact) mass is 396 g/mol. The molecule has 0 aromatic heterocycles. The Labute approximate surface area is 169 Å². The quantitative estimate of drug-likeness (QED) is 0.728. The van der Waals surface area contributed by atoms with E-state index in [0.29, 0.717) is 11.4 Å². The Hall–Kier alpha value is -3.35. The van der Waals surface area contributed by atoms with Crippen LogP contribution < -0.4 is 15.0 Å². The zero-order valence-corrected chi connectivity index (χ0v) is 16.6. The van der Waals surface area contributed by atoms with Crippen molar-refractivity contribution in [2.24, 2.45) is 0 Å². The highest BCUT2D eigenvalue weighted by Gasteiger charge is 2.25. The Kier molecular flexibility index (Phi) is 6.49. The van der Waals surface area contributed by atoms with E-state index < -0.39 is 11.9 Å². The second-order valence-corrected chi connectivity index (χ2v) is 6.72. The molecule has 7 nitrogen and oxygen atoms in total. The van der Waals surface area contributed by atoms with E-state index in [1.54, 1.807) is 18.2 Å². The maximum absolute atomic E-state index is 12.2. The molecular formula is C22H24N2O5. The molecule has 29 heavy (non-hydrogen) atoms. The van der Waals surface area contributed by atoms with Gasteiger partial charge in [0, 0.05) is 12.2 Å². The van der Waals surface area contributed by atoms with Gasteiger partial charge >= 0.3 is 5.97 Å². The highest BCUT2D eigenvalue weighted by molar-refractivity contribution is 5.98. The van der Waals surface area contributed by atoms with Crippen LogP contribution in [0.1, 0.15) is 24.5 Å². The van der Waals surface area contributed by atoms with Crippen LogP contribution in [-0.2, 0) is 25.5 Å². The molecule has 7 heteroatoms. The summed E-state index contributed by atoms with van der Waals surface area (Å²) in [5.41, 5.74) is 3.36. The van der Waals surface area contributed by atoms with Crippen LogP contribution in [0.25, 0.3) is 0 Å². The predicted octanol–water partition coefficient (Wildman–Crippen LogP) is 2.85. The number of amides is 2. The molecule has 0 bridgehead atoms. The number of rotatable bonds is 7. The molecule has 0 saturated carbocycles. The number of hydrogen-bond acceptors (Lipinski definition) is 5. The maximum atomic E-state index is 12.2. The third-order valence-electron chi connectivity index (χ3n) is 4.72. The number of anilines is 2. The van der Waals surface area contributed by atoms with E-state index in [4.69, 9.17) is 9.47 Å². The van der Waals surface area contributed by atoms with Crippen LogP contribution in [0.5, 0.6) is 5.75 Å². The molecule has 2 amide bonds. The summed E-state index contributed by atoms with van der Waals surface area (Å²) in [7, 11) is 0. The van der Waals surface area contributed by atoms with Crippen molar-refractivity contribution < 1.29 is 23.9 Å². The van der Waals surface area contributed by atoms with Crippen LogP contribution in [0.15, 0.2) is 42.5 Å². The third-order valence-corrected chi connectivity index (χ3v) is 4.72. The lowest BCUT2D eigenvalue weighted by atomic mass is 10.1. The minimum absolute atomic E-state index is 0.0159. The maximum Gasteiger partial charge on any atom is 0.308 e. The number of ether oxygens (including phenoxy) is 2. The number of fused-ring (bicyclic) bond motifs is 1. The van der Waals surface area contributed by atoms with Crippen LogP contribution >= 0.6 is 0 Å². The molecule has 1 aliphatic rings. The Morgan fingerprint density at radius 1 is 1.17 bits per heavy atom. The van der Waals surface area contributed by atoms with Crippen molar-refractivity contribution in [2.75, 3.05) is 30.0 Å². The Morgan fingerprint density at radius 2 is 1.97 bits per heavy atom. The molecule has 3 rings (SSSR count). The highest BCUT2D eigenvalue weighted by atomic mass is 16.5. The van der Waals surface area contributed by atoms with E-state index in [2.05, 4.69) is 5.32 Å². The lowest BCUT2D eigenvalue weighted by Crippen LogP contribution is -2.40. The molecule has 1 aliphatic heterocycles. The number of nitrogens with one attached hydrogen (secondary N) is 1. The normalized spacial score (nSPS) is 12.8.